The number of hydrogen-bond donors (Lipinski definition) is 2. The number of aryl methyl sites for hydroxylation is 1. The van der Waals surface area contributed by atoms with Crippen LogP contribution in [0, 0.1) is 6.92 Å². The fourth-order valence-corrected chi connectivity index (χ4v) is 8.77. The van der Waals surface area contributed by atoms with Crippen molar-refractivity contribution < 1.29 is 19.1 Å². The van der Waals surface area contributed by atoms with Gasteiger partial charge in [0.2, 0.25) is 5.95 Å². The summed E-state index contributed by atoms with van der Waals surface area (Å²) in [7, 11) is 0. The van der Waals surface area contributed by atoms with Crippen LogP contribution in [0.2, 0.25) is 0 Å². The van der Waals surface area contributed by atoms with Crippen LogP contribution in [0.1, 0.15) is 278 Å². The Hall–Kier alpha value is -2.75. The number of aliphatic imine (C=N–C) groups is 1. The van der Waals surface area contributed by atoms with Gasteiger partial charge >= 0.3 is 11.9 Å². The summed E-state index contributed by atoms with van der Waals surface area (Å²) >= 11 is 0. The number of carbonyl (C=O) groups is 2. The molecule has 0 aliphatic carbocycles. The number of unbranched alkanes of at least 4 members (excludes halogenated alkanes) is 24. The van der Waals surface area contributed by atoms with E-state index in [1.165, 1.54) is 109 Å². The maximum Gasteiger partial charge on any atom is 0.306 e. The molecule has 0 spiro atoms. The molecule has 0 aromatic carbocycles. The first kappa shape index (κ1) is 61.3. The molecule has 0 radical (unpaired) electrons. The average Bonchev–Trinajstić information content (AvgIpc) is 3.30. The molecule has 2 N–H and O–H groups in total. The molecule has 0 fully saturated rings. The van der Waals surface area contributed by atoms with Gasteiger partial charge in [0.25, 0.3) is 5.56 Å². The SMILES string of the molecule is CCCC=Nc1c(C)nc(NCCCN(CCCCCCCC(=O)OC(CC)CCCCCCCC)CCCCCCCC(=O)OC(CCCCCCCC)CCCCCCCC)[nH]c1=O. The Labute approximate surface area is 406 Å². The molecule has 1 heterocycles. The number of hydrogen-bond acceptors (Lipinski definition) is 9. The number of nitrogens with zero attached hydrogens (tertiary/aromatic N) is 3. The van der Waals surface area contributed by atoms with Crippen LogP contribution < -0.4 is 10.9 Å². The van der Waals surface area contributed by atoms with E-state index in [9.17, 15) is 14.4 Å². The second-order valence-electron chi connectivity index (χ2n) is 19.4. The van der Waals surface area contributed by atoms with Gasteiger partial charge in [-0.05, 0) is 110 Å². The van der Waals surface area contributed by atoms with Crippen LogP contribution in [0.25, 0.3) is 0 Å². The number of esters is 2. The smallest absolute Gasteiger partial charge is 0.306 e. The van der Waals surface area contributed by atoms with Crippen LogP contribution in [0.3, 0.4) is 0 Å². The molecule has 0 aliphatic rings. The topological polar surface area (TPSA) is 126 Å². The first-order valence-electron chi connectivity index (χ1n) is 28.3. The summed E-state index contributed by atoms with van der Waals surface area (Å²) < 4.78 is 11.9. The molecule has 0 saturated carbocycles. The summed E-state index contributed by atoms with van der Waals surface area (Å²) in [5.41, 5.74) is 0.807. The zero-order valence-electron chi connectivity index (χ0n) is 44.1. The van der Waals surface area contributed by atoms with Crippen LogP contribution in [0.4, 0.5) is 11.6 Å². The van der Waals surface area contributed by atoms with E-state index in [0.29, 0.717) is 30.2 Å². The number of ether oxygens (including phenoxy) is 2. The molecule has 10 heteroatoms. The minimum Gasteiger partial charge on any atom is -0.462 e. The second kappa shape index (κ2) is 44.7. The Balaban J connectivity index is 2.54. The number of aromatic amines is 1. The predicted molar refractivity (Wildman–Crippen MR) is 282 cm³/mol. The molecule has 384 valence electrons. The molecule has 10 nitrogen and oxygen atoms in total. The Morgan fingerprint density at radius 1 is 0.576 bits per heavy atom. The Morgan fingerprint density at radius 3 is 1.47 bits per heavy atom. The largest absolute Gasteiger partial charge is 0.462 e. The van der Waals surface area contributed by atoms with Crippen LogP contribution >= 0.6 is 0 Å². The highest BCUT2D eigenvalue weighted by Gasteiger charge is 2.15. The van der Waals surface area contributed by atoms with Crippen LogP contribution in [0.5, 0.6) is 0 Å². The zero-order chi connectivity index (χ0) is 48.1. The standard InChI is InChI=1S/C56H105N5O5/c1-7-12-16-19-24-31-39-50(11-5)65-52(62)42-34-27-22-29-36-46-61(48-38-45-58-56-59-49(6)54(55(64)60-56)57-44-15-10-4)47-37-30-23-28-35-43-53(63)66-51(40-32-25-20-17-13-8-2)41-33-26-21-18-14-9-3/h44,50-51H,7-43,45-48H2,1-6H3,(H2,58,59,60,64). The van der Waals surface area contributed by atoms with Crippen molar-refractivity contribution in [3.05, 3.63) is 16.0 Å². The molecule has 1 aromatic rings. The minimum absolute atomic E-state index is 0.00600. The molecule has 1 atom stereocenters. The number of H-pyrrole nitrogens is 1. The van der Waals surface area contributed by atoms with Crippen molar-refractivity contribution in [1.29, 1.82) is 0 Å². The molecule has 0 bridgehead atoms. The summed E-state index contributed by atoms with van der Waals surface area (Å²) in [4.78, 5) is 52.6. The van der Waals surface area contributed by atoms with Crippen LogP contribution in [-0.4, -0.2) is 71.4 Å². The monoisotopic (exact) mass is 928 g/mol. The van der Waals surface area contributed by atoms with E-state index in [1.807, 2.05) is 6.92 Å². The lowest BCUT2D eigenvalue weighted by molar-refractivity contribution is -0.150. The van der Waals surface area contributed by atoms with Gasteiger partial charge < -0.3 is 19.7 Å². The van der Waals surface area contributed by atoms with Crippen molar-refractivity contribution in [2.45, 2.75) is 291 Å². The average molecular weight is 928 g/mol. The van der Waals surface area contributed by atoms with E-state index < -0.39 is 0 Å². The third-order valence-electron chi connectivity index (χ3n) is 13.1. The van der Waals surface area contributed by atoms with E-state index in [4.69, 9.17) is 9.47 Å². The van der Waals surface area contributed by atoms with E-state index in [1.54, 1.807) is 6.21 Å². The summed E-state index contributed by atoms with van der Waals surface area (Å²) in [6, 6.07) is 0. The summed E-state index contributed by atoms with van der Waals surface area (Å²) in [5, 5.41) is 3.34. The van der Waals surface area contributed by atoms with Crippen molar-refractivity contribution in [3.63, 3.8) is 0 Å². The van der Waals surface area contributed by atoms with Gasteiger partial charge in [0.1, 0.15) is 17.9 Å². The van der Waals surface area contributed by atoms with E-state index in [0.717, 1.165) is 142 Å². The molecular formula is C56H105N5O5. The quantitative estimate of drug-likeness (QED) is 0.0376. The lowest BCUT2D eigenvalue weighted by atomic mass is 10.0. The minimum atomic E-state index is -0.211. The summed E-state index contributed by atoms with van der Waals surface area (Å²) in [6.07, 6.45) is 43.4. The number of nitrogens with one attached hydrogen (secondary N) is 2. The first-order valence-corrected chi connectivity index (χ1v) is 28.3. The van der Waals surface area contributed by atoms with Crippen molar-refractivity contribution in [1.82, 2.24) is 14.9 Å². The molecule has 66 heavy (non-hydrogen) atoms. The number of rotatable bonds is 48. The number of anilines is 1. The van der Waals surface area contributed by atoms with E-state index >= 15 is 0 Å². The Kier molecular flexibility index (Phi) is 41.5. The van der Waals surface area contributed by atoms with Gasteiger partial charge in [0.15, 0.2) is 0 Å². The van der Waals surface area contributed by atoms with Gasteiger partial charge in [-0.1, -0.05) is 176 Å². The third-order valence-corrected chi connectivity index (χ3v) is 13.1. The first-order chi connectivity index (χ1) is 32.3. The summed E-state index contributed by atoms with van der Waals surface area (Å²) in [5.74, 6) is 0.483. The van der Waals surface area contributed by atoms with Gasteiger partial charge in [0, 0.05) is 25.6 Å². The maximum atomic E-state index is 12.9. The highest BCUT2D eigenvalue weighted by Crippen LogP contribution is 2.20. The number of carbonyl (C=O) groups excluding carboxylic acids is 2. The molecule has 0 amide bonds. The van der Waals surface area contributed by atoms with E-state index in [2.05, 4.69) is 59.8 Å². The number of aromatic nitrogens is 2. The highest BCUT2D eigenvalue weighted by atomic mass is 16.5. The van der Waals surface area contributed by atoms with Crippen LogP contribution in [0.15, 0.2) is 9.79 Å². The molecule has 1 rings (SSSR count). The van der Waals surface area contributed by atoms with Gasteiger partial charge in [-0.25, -0.2) is 4.98 Å². The van der Waals surface area contributed by atoms with Crippen molar-refractivity contribution >= 4 is 29.8 Å². The predicted octanol–water partition coefficient (Wildman–Crippen LogP) is 15.9. The zero-order valence-corrected chi connectivity index (χ0v) is 44.1. The molecule has 0 aliphatic heterocycles. The molecule has 0 saturated heterocycles. The van der Waals surface area contributed by atoms with E-state index in [-0.39, 0.29) is 29.7 Å². The van der Waals surface area contributed by atoms with Crippen molar-refractivity contribution in [2.24, 2.45) is 4.99 Å². The Bertz CT molecular complexity index is 1350. The molecule has 1 unspecified atom stereocenters. The molecule has 1 aromatic heterocycles. The highest BCUT2D eigenvalue weighted by molar-refractivity contribution is 5.69. The van der Waals surface area contributed by atoms with Gasteiger partial charge in [-0.2, -0.15) is 0 Å². The fourth-order valence-electron chi connectivity index (χ4n) is 8.77. The lowest BCUT2D eigenvalue weighted by Gasteiger charge is -2.22. The van der Waals surface area contributed by atoms with Crippen molar-refractivity contribution in [3.8, 4) is 0 Å². The van der Waals surface area contributed by atoms with Gasteiger partial charge in [-0.3, -0.25) is 24.4 Å². The second-order valence-corrected chi connectivity index (χ2v) is 19.4. The van der Waals surface area contributed by atoms with Gasteiger partial charge in [-0.15, -0.1) is 0 Å². The molecular weight excluding hydrogens is 823 g/mol. The van der Waals surface area contributed by atoms with Gasteiger partial charge in [0.05, 0.1) is 5.69 Å². The lowest BCUT2D eigenvalue weighted by Crippen LogP contribution is -2.28. The maximum absolute atomic E-state index is 12.9. The fraction of sp³-hybridized carbons (Fsp3) is 0.875. The normalized spacial score (nSPS) is 12.2. The van der Waals surface area contributed by atoms with Crippen LogP contribution in [-0.2, 0) is 19.1 Å². The third kappa shape index (κ3) is 35.4. The summed E-state index contributed by atoms with van der Waals surface area (Å²) in [6.45, 7) is 16.6. The van der Waals surface area contributed by atoms with Crippen molar-refractivity contribution in [2.75, 3.05) is 31.5 Å². The Morgan fingerprint density at radius 2 is 1.00 bits per heavy atom.